The number of hydrogen-bond donors (Lipinski definition) is 3. The van der Waals surface area contributed by atoms with Crippen molar-refractivity contribution in [2.75, 3.05) is 18.9 Å². The quantitative estimate of drug-likeness (QED) is 0.765. The number of rotatable bonds is 3. The zero-order chi connectivity index (χ0) is 15.2. The molecule has 0 unspecified atom stereocenters. The van der Waals surface area contributed by atoms with E-state index in [9.17, 15) is 10.2 Å². The maximum absolute atomic E-state index is 9.57. The predicted molar refractivity (Wildman–Crippen MR) is 77.5 cm³/mol. The van der Waals surface area contributed by atoms with Gasteiger partial charge in [0, 0.05) is 6.20 Å². The van der Waals surface area contributed by atoms with Crippen molar-refractivity contribution >= 4 is 16.9 Å². The van der Waals surface area contributed by atoms with Gasteiger partial charge in [0.2, 0.25) is 0 Å². The Morgan fingerprint density at radius 1 is 1.43 bits per heavy atom. The van der Waals surface area contributed by atoms with Gasteiger partial charge in [0.05, 0.1) is 18.6 Å². The van der Waals surface area contributed by atoms with Gasteiger partial charge in [-0.15, -0.1) is 0 Å². The Kier molecular flexibility index (Phi) is 3.35. The highest BCUT2D eigenvalue weighted by Gasteiger charge is 2.46. The second-order valence-corrected chi connectivity index (χ2v) is 5.77. The Bertz CT molecular complexity index is 666. The van der Waals surface area contributed by atoms with Crippen molar-refractivity contribution in [3.63, 3.8) is 0 Å². The smallest absolute Gasteiger partial charge is 0.147 e. The lowest BCUT2D eigenvalue weighted by molar-refractivity contribution is -0.132. The van der Waals surface area contributed by atoms with Gasteiger partial charge in [0.1, 0.15) is 29.6 Å². The first-order valence-electron chi connectivity index (χ1n) is 6.99. The summed E-state index contributed by atoms with van der Waals surface area (Å²) in [6, 6.07) is 0. The van der Waals surface area contributed by atoms with Crippen LogP contribution in [0.1, 0.15) is 25.1 Å². The van der Waals surface area contributed by atoms with Gasteiger partial charge in [-0.2, -0.15) is 0 Å². The normalized spacial score (nSPS) is 24.8. The van der Waals surface area contributed by atoms with Crippen LogP contribution in [0.25, 0.3) is 11.0 Å². The lowest BCUT2D eigenvalue weighted by Crippen LogP contribution is -2.42. The molecule has 7 nitrogen and oxygen atoms in total. The molecule has 0 radical (unpaired) electrons. The van der Waals surface area contributed by atoms with Crippen LogP contribution in [0.2, 0.25) is 0 Å². The molecule has 1 saturated heterocycles. The summed E-state index contributed by atoms with van der Waals surface area (Å²) >= 11 is 0. The fourth-order valence-electron chi connectivity index (χ4n) is 3.08. The number of nitrogens with two attached hydrogens (primary N) is 1. The highest BCUT2D eigenvalue weighted by Crippen LogP contribution is 2.42. The zero-order valence-electron chi connectivity index (χ0n) is 12.2. The van der Waals surface area contributed by atoms with E-state index in [-0.39, 0.29) is 25.4 Å². The third kappa shape index (κ3) is 2.00. The molecule has 0 aliphatic carbocycles. The van der Waals surface area contributed by atoms with E-state index in [1.807, 2.05) is 24.6 Å². The summed E-state index contributed by atoms with van der Waals surface area (Å²) in [5, 5.41) is 20.0. The molecule has 114 valence electrons. The van der Waals surface area contributed by atoms with Crippen molar-refractivity contribution in [2.45, 2.75) is 32.1 Å². The average molecular weight is 292 g/mol. The van der Waals surface area contributed by atoms with Gasteiger partial charge >= 0.3 is 0 Å². The van der Waals surface area contributed by atoms with E-state index in [0.717, 1.165) is 10.9 Å². The first-order valence-corrected chi connectivity index (χ1v) is 6.99. The highest BCUT2D eigenvalue weighted by molar-refractivity contribution is 5.89. The van der Waals surface area contributed by atoms with Crippen LogP contribution in [0.15, 0.2) is 12.5 Å². The zero-order valence-corrected chi connectivity index (χ0v) is 12.2. The molecule has 0 spiro atoms. The molecule has 4 N–H and O–H groups in total. The van der Waals surface area contributed by atoms with Gasteiger partial charge in [-0.25, -0.2) is 9.97 Å². The summed E-state index contributed by atoms with van der Waals surface area (Å²) in [4.78, 5) is 8.32. The van der Waals surface area contributed by atoms with Crippen molar-refractivity contribution in [1.29, 1.82) is 0 Å². The molecule has 2 aromatic rings. The molecule has 2 aromatic heterocycles. The fourth-order valence-corrected chi connectivity index (χ4v) is 3.08. The van der Waals surface area contributed by atoms with Crippen LogP contribution in [0, 0.1) is 12.8 Å². The van der Waals surface area contributed by atoms with Crippen molar-refractivity contribution in [3.8, 4) is 0 Å². The first-order chi connectivity index (χ1) is 10.0. The van der Waals surface area contributed by atoms with Crippen LogP contribution >= 0.6 is 0 Å². The molecule has 0 amide bonds. The molecule has 0 aromatic carbocycles. The number of nitrogen functional groups attached to an aromatic ring is 1. The van der Waals surface area contributed by atoms with E-state index >= 15 is 0 Å². The Morgan fingerprint density at radius 2 is 2.14 bits per heavy atom. The minimum absolute atomic E-state index is 0.0365. The molecule has 21 heavy (non-hydrogen) atoms. The van der Waals surface area contributed by atoms with Gasteiger partial charge in [0.15, 0.2) is 0 Å². The van der Waals surface area contributed by atoms with E-state index in [0.29, 0.717) is 17.9 Å². The van der Waals surface area contributed by atoms with Crippen LogP contribution in [-0.4, -0.2) is 43.6 Å². The highest BCUT2D eigenvalue weighted by atomic mass is 16.6. The van der Waals surface area contributed by atoms with Gasteiger partial charge in [-0.3, -0.25) is 0 Å². The molecule has 7 heteroatoms. The second kappa shape index (κ2) is 4.94. The number of ether oxygens (including phenoxy) is 1. The lowest BCUT2D eigenvalue weighted by atomic mass is 9.90. The van der Waals surface area contributed by atoms with E-state index in [2.05, 4.69) is 9.97 Å². The number of aromatic nitrogens is 3. The van der Waals surface area contributed by atoms with Crippen molar-refractivity contribution in [1.82, 2.24) is 14.5 Å². The number of aliphatic hydroxyl groups is 2. The summed E-state index contributed by atoms with van der Waals surface area (Å²) in [6.07, 6.45) is 3.76. The lowest BCUT2D eigenvalue weighted by Gasteiger charge is -2.28. The summed E-state index contributed by atoms with van der Waals surface area (Å²) < 4.78 is 7.88. The molecule has 3 heterocycles. The van der Waals surface area contributed by atoms with E-state index in [1.165, 1.54) is 6.33 Å². The van der Waals surface area contributed by atoms with Crippen LogP contribution in [0.3, 0.4) is 0 Å². The summed E-state index contributed by atoms with van der Waals surface area (Å²) in [5.74, 6) is 0.479. The molecule has 3 rings (SSSR count). The summed E-state index contributed by atoms with van der Waals surface area (Å²) in [6.45, 7) is 3.49. The van der Waals surface area contributed by atoms with Gasteiger partial charge in [0.25, 0.3) is 0 Å². The summed E-state index contributed by atoms with van der Waals surface area (Å²) in [5.41, 5.74) is 6.70. The minimum Gasteiger partial charge on any atom is -0.393 e. The molecule has 0 saturated carbocycles. The molecule has 0 bridgehead atoms. The number of aliphatic hydroxyl groups excluding tert-OH is 2. The van der Waals surface area contributed by atoms with E-state index in [4.69, 9.17) is 10.5 Å². The first kappa shape index (κ1) is 14.2. The largest absolute Gasteiger partial charge is 0.393 e. The van der Waals surface area contributed by atoms with E-state index in [1.54, 1.807) is 0 Å². The van der Waals surface area contributed by atoms with E-state index < -0.39 is 5.60 Å². The molecule has 1 aliphatic rings. The van der Waals surface area contributed by atoms with Crippen molar-refractivity contribution in [3.05, 3.63) is 18.1 Å². The van der Waals surface area contributed by atoms with Crippen LogP contribution < -0.4 is 5.73 Å². The maximum atomic E-state index is 9.57. The van der Waals surface area contributed by atoms with Crippen molar-refractivity contribution < 1.29 is 14.9 Å². The number of nitrogens with zero attached hydrogens (tertiary/aromatic N) is 3. The minimum atomic E-state index is -0.909. The van der Waals surface area contributed by atoms with Crippen LogP contribution in [-0.2, 0) is 4.74 Å². The van der Waals surface area contributed by atoms with Crippen LogP contribution in [0.5, 0.6) is 0 Å². The van der Waals surface area contributed by atoms with Gasteiger partial charge < -0.3 is 25.3 Å². The number of fused-ring (bicyclic) bond motifs is 1. The van der Waals surface area contributed by atoms with Gasteiger partial charge in [-0.1, -0.05) is 6.92 Å². The average Bonchev–Trinajstić information content (AvgIpc) is 2.98. The maximum Gasteiger partial charge on any atom is 0.147 e. The van der Waals surface area contributed by atoms with Gasteiger partial charge in [-0.05, 0) is 24.8 Å². The second-order valence-electron chi connectivity index (χ2n) is 5.77. The third-order valence-electron chi connectivity index (χ3n) is 4.50. The molecule has 2 atom stereocenters. The number of aryl methyl sites for hydroxylation is 1. The predicted octanol–water partition coefficient (Wildman–Crippen LogP) is 0.600. The molecule has 1 aliphatic heterocycles. The van der Waals surface area contributed by atoms with Crippen molar-refractivity contribution in [2.24, 2.45) is 5.92 Å². The third-order valence-corrected chi connectivity index (χ3v) is 4.50. The number of anilines is 1. The topological polar surface area (TPSA) is 106 Å². The molecular formula is C14H20N4O3. The Morgan fingerprint density at radius 3 is 2.76 bits per heavy atom. The molecule has 1 fully saturated rings. The summed E-state index contributed by atoms with van der Waals surface area (Å²) in [7, 11) is 0. The monoisotopic (exact) mass is 292 g/mol. The SMILES string of the molecule is Cc1cn([C@H]2C[C@H](C)C(CO)(CO)O2)c2ncnc(N)c12. The Balaban J connectivity index is 2.05. The number of hydrogen-bond acceptors (Lipinski definition) is 6. The standard InChI is InChI=1S/C14H20N4O3/c1-8-4-18(13-11(8)12(15)16-7-17-13)10-3-9(2)14(5-19,6-20)21-10/h4,7,9-10,19-20H,3,5-6H2,1-2H3,(H2,15,16,17)/t9-,10+/m0/s1. The Hall–Kier alpha value is -1.70. The fraction of sp³-hybridized carbons (Fsp3) is 0.571. The molecular weight excluding hydrogens is 272 g/mol. The Labute approximate surface area is 122 Å². The van der Waals surface area contributed by atoms with Crippen LogP contribution in [0.4, 0.5) is 5.82 Å².